The highest BCUT2D eigenvalue weighted by Gasteiger charge is 2.26. The van der Waals surface area contributed by atoms with Crippen molar-refractivity contribution in [1.29, 1.82) is 0 Å². The molecule has 1 saturated heterocycles. The number of anilines is 1. The van der Waals surface area contributed by atoms with E-state index in [0.29, 0.717) is 0 Å². The molecule has 4 rings (SSSR count). The lowest BCUT2D eigenvalue weighted by molar-refractivity contribution is -0.121. The van der Waals surface area contributed by atoms with Gasteiger partial charge in [0.05, 0.1) is 22.8 Å². The van der Waals surface area contributed by atoms with Crippen molar-refractivity contribution >= 4 is 22.9 Å². The van der Waals surface area contributed by atoms with Gasteiger partial charge in [0.1, 0.15) is 5.82 Å². The van der Waals surface area contributed by atoms with E-state index in [0.717, 1.165) is 55.2 Å². The van der Waals surface area contributed by atoms with Gasteiger partial charge in [-0.2, -0.15) is 0 Å². The molecule has 146 valence electrons. The first kappa shape index (κ1) is 18.8. The predicted octanol–water partition coefficient (Wildman–Crippen LogP) is 3.70. The number of likely N-dealkylation sites (tertiary alicyclic amines) is 1. The number of hydrogen-bond donors (Lipinski definition) is 1. The van der Waals surface area contributed by atoms with Crippen LogP contribution in [0.4, 0.5) is 5.69 Å². The van der Waals surface area contributed by atoms with E-state index in [9.17, 15) is 4.79 Å². The van der Waals surface area contributed by atoms with Crippen LogP contribution in [0.1, 0.15) is 24.4 Å². The molecule has 1 amide bonds. The fraction of sp³-hybridized carbons (Fsp3) is 0.381. The number of piperidine rings is 1. The third-order valence-corrected chi connectivity index (χ3v) is 6.05. The van der Waals surface area contributed by atoms with E-state index in [1.165, 1.54) is 5.69 Å². The van der Waals surface area contributed by atoms with Crippen LogP contribution in [0.15, 0.2) is 41.4 Å². The van der Waals surface area contributed by atoms with Gasteiger partial charge >= 0.3 is 0 Å². The maximum Gasteiger partial charge on any atom is 0.228 e. The Hall–Kier alpha value is -2.51. The molecule has 3 aromatic rings. The number of rotatable bonds is 5. The molecule has 0 bridgehead atoms. The van der Waals surface area contributed by atoms with Gasteiger partial charge in [-0.15, -0.1) is 11.3 Å². The van der Waals surface area contributed by atoms with E-state index in [4.69, 9.17) is 0 Å². The van der Waals surface area contributed by atoms with Gasteiger partial charge in [-0.05, 0) is 38.4 Å². The topological polar surface area (TPSA) is 63.1 Å². The molecule has 1 atom stereocenters. The highest BCUT2D eigenvalue weighted by atomic mass is 32.1. The van der Waals surface area contributed by atoms with Gasteiger partial charge in [-0.3, -0.25) is 9.69 Å². The maximum atomic E-state index is 12.8. The van der Waals surface area contributed by atoms with Gasteiger partial charge in [0, 0.05) is 43.0 Å². The summed E-state index contributed by atoms with van der Waals surface area (Å²) in [6, 6.07) is 7.91. The van der Waals surface area contributed by atoms with Crippen LogP contribution in [0.3, 0.4) is 0 Å². The molecule has 0 spiro atoms. The summed E-state index contributed by atoms with van der Waals surface area (Å²) in [6.07, 6.45) is 3.91. The molecular formula is C21H25N5OS. The molecule has 2 aromatic heterocycles. The minimum absolute atomic E-state index is 0.0151. The van der Waals surface area contributed by atoms with Gasteiger partial charge in [-0.25, -0.2) is 9.97 Å². The second-order valence-corrected chi connectivity index (χ2v) is 8.09. The molecule has 0 unspecified atom stereocenters. The van der Waals surface area contributed by atoms with Crippen molar-refractivity contribution in [3.63, 3.8) is 0 Å². The number of hydrogen-bond acceptors (Lipinski definition) is 5. The van der Waals surface area contributed by atoms with Crippen LogP contribution < -0.4 is 5.32 Å². The first-order valence-electron chi connectivity index (χ1n) is 9.59. The number of carbonyl (C=O) groups is 1. The van der Waals surface area contributed by atoms with Crippen molar-refractivity contribution < 1.29 is 4.79 Å². The number of benzene rings is 1. The highest BCUT2D eigenvalue weighted by molar-refractivity contribution is 7.07. The monoisotopic (exact) mass is 395 g/mol. The summed E-state index contributed by atoms with van der Waals surface area (Å²) in [5, 5.41) is 5.10. The molecule has 0 radical (unpaired) electrons. The van der Waals surface area contributed by atoms with Crippen LogP contribution in [0.25, 0.3) is 11.3 Å². The zero-order valence-electron chi connectivity index (χ0n) is 16.3. The number of aromatic nitrogens is 3. The molecular weight excluding hydrogens is 370 g/mol. The minimum Gasteiger partial charge on any atom is -0.334 e. The molecule has 0 aliphatic carbocycles. The molecule has 28 heavy (non-hydrogen) atoms. The van der Waals surface area contributed by atoms with Crippen molar-refractivity contribution in [1.82, 2.24) is 19.4 Å². The summed E-state index contributed by atoms with van der Waals surface area (Å²) >= 11 is 1.58. The Morgan fingerprint density at radius 1 is 1.29 bits per heavy atom. The van der Waals surface area contributed by atoms with E-state index in [1.807, 2.05) is 55.3 Å². The standard InChI is InChI=1S/C21H25N5OS/c1-15-22-10-19(25(15)2)12-26-9-3-4-17(11-26)21(27)24-18-7-5-16(6-8-18)20-13-28-14-23-20/h5-8,10,13-14,17H,3-4,9,11-12H2,1-2H3,(H,24,27)/t17-/m1/s1. The Kier molecular flexibility index (Phi) is 5.54. The number of thiazole rings is 1. The molecule has 1 fully saturated rings. The van der Waals surface area contributed by atoms with Crippen LogP contribution in [0.2, 0.25) is 0 Å². The zero-order chi connectivity index (χ0) is 19.5. The number of nitrogens with zero attached hydrogens (tertiary/aromatic N) is 4. The quantitative estimate of drug-likeness (QED) is 0.715. The molecule has 7 heteroatoms. The lowest BCUT2D eigenvalue weighted by atomic mass is 9.97. The van der Waals surface area contributed by atoms with Crippen LogP contribution in [0, 0.1) is 12.8 Å². The fourth-order valence-electron chi connectivity index (χ4n) is 3.66. The Morgan fingerprint density at radius 2 is 2.11 bits per heavy atom. The normalized spacial score (nSPS) is 17.6. The van der Waals surface area contributed by atoms with Gasteiger partial charge in [0.2, 0.25) is 5.91 Å². The molecule has 1 aliphatic rings. The van der Waals surface area contributed by atoms with Gasteiger partial charge in [0.15, 0.2) is 0 Å². The van der Waals surface area contributed by atoms with Crippen molar-refractivity contribution in [2.75, 3.05) is 18.4 Å². The van der Waals surface area contributed by atoms with Crippen LogP contribution in [0.5, 0.6) is 0 Å². The van der Waals surface area contributed by atoms with E-state index in [2.05, 4.69) is 24.8 Å². The van der Waals surface area contributed by atoms with Crippen molar-refractivity contribution in [3.8, 4) is 11.3 Å². The summed E-state index contributed by atoms with van der Waals surface area (Å²) in [5.41, 5.74) is 5.89. The minimum atomic E-state index is 0.0151. The van der Waals surface area contributed by atoms with E-state index < -0.39 is 0 Å². The first-order chi connectivity index (χ1) is 13.6. The third-order valence-electron chi connectivity index (χ3n) is 5.46. The zero-order valence-corrected chi connectivity index (χ0v) is 17.1. The summed E-state index contributed by atoms with van der Waals surface area (Å²) in [6.45, 7) is 4.66. The lowest BCUT2D eigenvalue weighted by Crippen LogP contribution is -2.40. The number of amides is 1. The number of carbonyl (C=O) groups excluding carboxylic acids is 1. The van der Waals surface area contributed by atoms with Crippen LogP contribution in [-0.2, 0) is 18.4 Å². The summed E-state index contributed by atoms with van der Waals surface area (Å²) in [7, 11) is 2.04. The second-order valence-electron chi connectivity index (χ2n) is 7.37. The SMILES string of the molecule is Cc1ncc(CN2CCC[C@@H](C(=O)Nc3ccc(-c4cscn4)cc3)C2)n1C. The van der Waals surface area contributed by atoms with Crippen molar-refractivity contribution in [2.24, 2.45) is 13.0 Å². The van der Waals surface area contributed by atoms with Crippen molar-refractivity contribution in [2.45, 2.75) is 26.3 Å². The van der Waals surface area contributed by atoms with Crippen molar-refractivity contribution in [3.05, 3.63) is 52.9 Å². The molecule has 1 aliphatic heterocycles. The number of imidazole rings is 1. The highest BCUT2D eigenvalue weighted by Crippen LogP contribution is 2.23. The molecule has 1 aromatic carbocycles. The Labute approximate surface area is 169 Å². The van der Waals surface area contributed by atoms with E-state index in [-0.39, 0.29) is 11.8 Å². The average Bonchev–Trinajstić information content (AvgIpc) is 3.35. The van der Waals surface area contributed by atoms with Crippen LogP contribution in [-0.4, -0.2) is 38.4 Å². The third kappa shape index (κ3) is 4.15. The van der Waals surface area contributed by atoms with Crippen LogP contribution >= 0.6 is 11.3 Å². The van der Waals surface area contributed by atoms with Gasteiger partial charge < -0.3 is 9.88 Å². The molecule has 1 N–H and O–H groups in total. The largest absolute Gasteiger partial charge is 0.334 e. The van der Waals surface area contributed by atoms with E-state index in [1.54, 1.807) is 11.3 Å². The van der Waals surface area contributed by atoms with Gasteiger partial charge in [0.25, 0.3) is 0 Å². The van der Waals surface area contributed by atoms with Gasteiger partial charge in [-0.1, -0.05) is 12.1 Å². The summed E-state index contributed by atoms with van der Waals surface area (Å²) in [5.74, 6) is 1.14. The Balaban J connectivity index is 1.35. The Bertz CT molecular complexity index is 932. The summed E-state index contributed by atoms with van der Waals surface area (Å²) in [4.78, 5) is 23.8. The first-order valence-corrected chi connectivity index (χ1v) is 10.5. The summed E-state index contributed by atoms with van der Waals surface area (Å²) < 4.78 is 2.12. The average molecular weight is 396 g/mol. The molecule has 6 nitrogen and oxygen atoms in total. The molecule has 0 saturated carbocycles. The maximum absolute atomic E-state index is 12.8. The lowest BCUT2D eigenvalue weighted by Gasteiger charge is -2.32. The second kappa shape index (κ2) is 8.24. The fourth-order valence-corrected chi connectivity index (χ4v) is 4.22. The van der Waals surface area contributed by atoms with E-state index >= 15 is 0 Å². The molecule has 3 heterocycles. The smallest absolute Gasteiger partial charge is 0.228 e. The Morgan fingerprint density at radius 3 is 2.79 bits per heavy atom. The predicted molar refractivity (Wildman–Crippen MR) is 112 cm³/mol. The number of nitrogens with one attached hydrogen (secondary N) is 1. The number of aryl methyl sites for hydroxylation is 1.